The maximum atomic E-state index is 13.9. The maximum Gasteiger partial charge on any atom is 0.338 e. The number of halogens is 2. The van der Waals surface area contributed by atoms with E-state index in [1.165, 1.54) is 18.3 Å². The van der Waals surface area contributed by atoms with Gasteiger partial charge < -0.3 is 20.5 Å². The third kappa shape index (κ3) is 5.30. The number of aliphatic hydroxyl groups is 1. The molecule has 2 atom stereocenters. The third-order valence-corrected chi connectivity index (χ3v) is 5.50. The lowest BCUT2D eigenvalue weighted by molar-refractivity contribution is -0.117. The summed E-state index contributed by atoms with van der Waals surface area (Å²) in [5.41, 5.74) is 0.964. The van der Waals surface area contributed by atoms with Crippen LogP contribution in [-0.4, -0.2) is 27.1 Å². The van der Waals surface area contributed by atoms with Crippen molar-refractivity contribution in [3.8, 4) is 11.3 Å². The van der Waals surface area contributed by atoms with Crippen LogP contribution in [0.1, 0.15) is 53.8 Å². The first-order valence-electron chi connectivity index (χ1n) is 10.2. The van der Waals surface area contributed by atoms with E-state index in [4.69, 9.17) is 16.7 Å². The van der Waals surface area contributed by atoms with Gasteiger partial charge in [-0.2, -0.15) is 0 Å². The molecule has 0 saturated carbocycles. The molecule has 0 aliphatic carbocycles. The molecule has 3 aromatic rings. The van der Waals surface area contributed by atoms with Gasteiger partial charge in [-0.25, -0.2) is 9.18 Å². The molecular weight excluding hydrogens is 451 g/mol. The number of anilines is 1. The van der Waals surface area contributed by atoms with E-state index in [0.29, 0.717) is 28.3 Å². The van der Waals surface area contributed by atoms with Crippen molar-refractivity contribution in [1.29, 1.82) is 0 Å². The fourth-order valence-electron chi connectivity index (χ4n) is 3.58. The number of H-pyrrole nitrogens is 1. The molecule has 2 aromatic carbocycles. The highest BCUT2D eigenvalue weighted by Gasteiger charge is 2.23. The predicted molar refractivity (Wildman–Crippen MR) is 123 cm³/mol. The van der Waals surface area contributed by atoms with E-state index in [1.54, 1.807) is 32.0 Å². The normalized spacial score (nSPS) is 12.8. The molecule has 2 unspecified atom stereocenters. The number of carboxylic acid groups (broad SMARTS) is 1. The van der Waals surface area contributed by atoms with Gasteiger partial charge in [0.2, 0.25) is 5.91 Å². The number of aromatic nitrogens is 1. The van der Waals surface area contributed by atoms with Crippen LogP contribution in [0.3, 0.4) is 0 Å². The number of amides is 1. The Kier molecular flexibility index (Phi) is 7.30. The summed E-state index contributed by atoms with van der Waals surface area (Å²) in [6.45, 7) is 3.33. The molecule has 7 nitrogen and oxygen atoms in total. The largest absolute Gasteiger partial charge is 0.478 e. The Morgan fingerprint density at radius 3 is 2.45 bits per heavy atom. The fraction of sp³-hybridized carbons (Fsp3) is 0.208. The van der Waals surface area contributed by atoms with Crippen molar-refractivity contribution >= 4 is 29.2 Å². The third-order valence-electron chi connectivity index (χ3n) is 5.27. The Morgan fingerprint density at radius 1 is 1.15 bits per heavy atom. The van der Waals surface area contributed by atoms with Gasteiger partial charge in [0.25, 0.3) is 0 Å². The minimum Gasteiger partial charge on any atom is -0.478 e. The number of pyridine rings is 1. The first-order chi connectivity index (χ1) is 15.6. The van der Waals surface area contributed by atoms with Crippen LogP contribution in [0.25, 0.3) is 11.3 Å². The fourth-order valence-corrected chi connectivity index (χ4v) is 3.75. The van der Waals surface area contributed by atoms with Crippen LogP contribution in [0.4, 0.5) is 10.1 Å². The van der Waals surface area contributed by atoms with Crippen molar-refractivity contribution in [2.24, 2.45) is 0 Å². The molecule has 9 heteroatoms. The zero-order valence-electron chi connectivity index (χ0n) is 17.9. The molecule has 4 N–H and O–H groups in total. The SMILES string of the molecule is CCC(C(=O)Nc1ccc(C(=O)O)c(F)c1)c1c[nH]c(-c2cc(Cl)ccc2C(C)O)cc1=O. The van der Waals surface area contributed by atoms with Gasteiger partial charge in [0, 0.05) is 39.8 Å². The number of rotatable bonds is 7. The number of nitrogens with one attached hydrogen (secondary N) is 2. The number of hydrogen-bond acceptors (Lipinski definition) is 4. The van der Waals surface area contributed by atoms with Gasteiger partial charge in [-0.15, -0.1) is 0 Å². The minimum atomic E-state index is -1.41. The first kappa shape index (κ1) is 24.2. The Bertz CT molecular complexity index is 1270. The van der Waals surface area contributed by atoms with Crippen LogP contribution in [0.2, 0.25) is 5.02 Å². The zero-order valence-corrected chi connectivity index (χ0v) is 18.6. The molecule has 1 heterocycles. The molecular formula is C24H22ClFN2O5. The summed E-state index contributed by atoms with van der Waals surface area (Å²) < 4.78 is 13.9. The summed E-state index contributed by atoms with van der Waals surface area (Å²) >= 11 is 6.09. The Hall–Kier alpha value is -3.49. The smallest absolute Gasteiger partial charge is 0.338 e. The second-order valence-corrected chi connectivity index (χ2v) is 7.96. The lowest BCUT2D eigenvalue weighted by Crippen LogP contribution is -2.25. The lowest BCUT2D eigenvalue weighted by atomic mass is 9.94. The van der Waals surface area contributed by atoms with Crippen LogP contribution in [-0.2, 0) is 4.79 Å². The van der Waals surface area contributed by atoms with Gasteiger partial charge in [0.1, 0.15) is 5.82 Å². The molecule has 3 rings (SSSR count). The lowest BCUT2D eigenvalue weighted by Gasteiger charge is -2.17. The van der Waals surface area contributed by atoms with Crippen LogP contribution in [0.5, 0.6) is 0 Å². The van der Waals surface area contributed by atoms with Crippen molar-refractivity contribution in [2.45, 2.75) is 32.3 Å². The highest BCUT2D eigenvalue weighted by Crippen LogP contribution is 2.30. The molecule has 0 bridgehead atoms. The quantitative estimate of drug-likeness (QED) is 0.396. The van der Waals surface area contributed by atoms with Gasteiger partial charge in [-0.05, 0) is 49.2 Å². The second kappa shape index (κ2) is 9.97. The van der Waals surface area contributed by atoms with Gasteiger partial charge in [0.15, 0.2) is 5.43 Å². The number of carbonyl (C=O) groups is 2. The number of carbonyl (C=O) groups excluding carboxylic acids is 1. The van der Waals surface area contributed by atoms with E-state index in [1.807, 2.05) is 0 Å². The van der Waals surface area contributed by atoms with Gasteiger partial charge >= 0.3 is 5.97 Å². The first-order valence-corrected chi connectivity index (χ1v) is 10.5. The summed E-state index contributed by atoms with van der Waals surface area (Å²) in [5.74, 6) is -3.76. The van der Waals surface area contributed by atoms with E-state index in [2.05, 4.69) is 10.3 Å². The molecule has 33 heavy (non-hydrogen) atoms. The van der Waals surface area contributed by atoms with Crippen LogP contribution in [0, 0.1) is 5.82 Å². The van der Waals surface area contributed by atoms with E-state index >= 15 is 0 Å². The van der Waals surface area contributed by atoms with Crippen molar-refractivity contribution in [2.75, 3.05) is 5.32 Å². The van der Waals surface area contributed by atoms with Gasteiger partial charge in [-0.3, -0.25) is 9.59 Å². The summed E-state index contributed by atoms with van der Waals surface area (Å²) in [7, 11) is 0. The minimum absolute atomic E-state index is 0.0782. The van der Waals surface area contributed by atoms with Gasteiger partial charge in [-0.1, -0.05) is 24.6 Å². The van der Waals surface area contributed by atoms with E-state index in [9.17, 15) is 23.9 Å². The number of aromatic amines is 1. The van der Waals surface area contributed by atoms with Crippen LogP contribution >= 0.6 is 11.6 Å². The maximum absolute atomic E-state index is 13.9. The molecule has 1 amide bonds. The van der Waals surface area contributed by atoms with Crippen molar-refractivity contribution < 1.29 is 24.2 Å². The molecule has 0 radical (unpaired) electrons. The van der Waals surface area contributed by atoms with Crippen molar-refractivity contribution in [3.05, 3.63) is 86.4 Å². The molecule has 0 fully saturated rings. The van der Waals surface area contributed by atoms with Crippen LogP contribution < -0.4 is 10.7 Å². The topological polar surface area (TPSA) is 119 Å². The molecule has 0 aliphatic rings. The number of hydrogen-bond donors (Lipinski definition) is 4. The Balaban J connectivity index is 1.90. The number of benzene rings is 2. The monoisotopic (exact) mass is 472 g/mol. The summed E-state index contributed by atoms with van der Waals surface area (Å²) in [6, 6.07) is 9.53. The molecule has 1 aromatic heterocycles. The predicted octanol–water partition coefficient (Wildman–Crippen LogP) is 4.72. The number of carboxylic acids is 1. The summed E-state index contributed by atoms with van der Waals surface area (Å²) in [4.78, 5) is 39.7. The molecule has 0 aliphatic heterocycles. The standard InChI is InChI=1S/C24H22ClFN2O5/c1-3-15(23(31)28-14-5-7-17(24(32)33)20(26)9-14)19-11-27-21(10-22(19)30)18-8-13(25)4-6-16(18)12(2)29/h4-12,15,29H,3H2,1-2H3,(H,27,30)(H,28,31)(H,32,33). The summed E-state index contributed by atoms with van der Waals surface area (Å²) in [5, 5.41) is 21.9. The van der Waals surface area contributed by atoms with Crippen molar-refractivity contribution in [3.63, 3.8) is 0 Å². The number of aliphatic hydroxyl groups excluding tert-OH is 1. The average Bonchev–Trinajstić information content (AvgIpc) is 2.74. The number of aromatic carboxylic acids is 1. The molecule has 0 saturated heterocycles. The highest BCUT2D eigenvalue weighted by molar-refractivity contribution is 6.30. The second-order valence-electron chi connectivity index (χ2n) is 7.52. The molecule has 172 valence electrons. The van der Waals surface area contributed by atoms with Crippen molar-refractivity contribution in [1.82, 2.24) is 4.98 Å². The van der Waals surface area contributed by atoms with Gasteiger partial charge in [0.05, 0.1) is 17.6 Å². The summed E-state index contributed by atoms with van der Waals surface area (Å²) in [6.07, 6.45) is 0.939. The molecule has 0 spiro atoms. The Morgan fingerprint density at radius 2 is 1.88 bits per heavy atom. The van der Waals surface area contributed by atoms with E-state index in [0.717, 1.165) is 12.1 Å². The van der Waals surface area contributed by atoms with Crippen LogP contribution in [0.15, 0.2) is 53.5 Å². The van der Waals surface area contributed by atoms with E-state index < -0.39 is 40.7 Å². The zero-order chi connectivity index (χ0) is 24.3. The average molecular weight is 473 g/mol. The Labute approximate surface area is 193 Å². The highest BCUT2D eigenvalue weighted by atomic mass is 35.5. The van der Waals surface area contributed by atoms with E-state index in [-0.39, 0.29) is 11.3 Å².